The summed E-state index contributed by atoms with van der Waals surface area (Å²) in [6, 6.07) is 1.75. The summed E-state index contributed by atoms with van der Waals surface area (Å²) in [4.78, 5) is 0. The fourth-order valence-electron chi connectivity index (χ4n) is 4.26. The summed E-state index contributed by atoms with van der Waals surface area (Å²) in [6.45, 7) is 10.1. The average molecular weight is 519 g/mol. The van der Waals surface area contributed by atoms with Crippen molar-refractivity contribution in [3.05, 3.63) is 57.7 Å². The van der Waals surface area contributed by atoms with E-state index in [0.29, 0.717) is 23.3 Å². The molecular formula is C30H46O7. The summed E-state index contributed by atoms with van der Waals surface area (Å²) < 4.78 is 11.2. The molecule has 0 radical (unpaired) electrons. The van der Waals surface area contributed by atoms with E-state index in [-0.39, 0.29) is 19.0 Å². The van der Waals surface area contributed by atoms with Crippen LogP contribution >= 0.6 is 0 Å². The second kappa shape index (κ2) is 15.3. The van der Waals surface area contributed by atoms with Crippen LogP contribution < -0.4 is 4.74 Å². The monoisotopic (exact) mass is 518 g/mol. The SMILES string of the molecule is CC(=CCCC(C)=CCc1cc(OC2OCC(O)C(O)C2O)c(C)c(C)c1O)CCC=C(C)CCCO. The van der Waals surface area contributed by atoms with Gasteiger partial charge in [-0.3, -0.25) is 0 Å². The van der Waals surface area contributed by atoms with E-state index in [1.165, 1.54) is 16.7 Å². The van der Waals surface area contributed by atoms with E-state index in [4.69, 9.17) is 14.6 Å². The van der Waals surface area contributed by atoms with Crippen molar-refractivity contribution in [3.63, 3.8) is 0 Å². The number of aliphatic hydroxyl groups excluding tert-OH is 4. The van der Waals surface area contributed by atoms with Gasteiger partial charge >= 0.3 is 0 Å². The summed E-state index contributed by atoms with van der Waals surface area (Å²) in [5.74, 6) is 0.677. The van der Waals surface area contributed by atoms with Crippen molar-refractivity contribution in [1.29, 1.82) is 0 Å². The molecule has 4 atom stereocenters. The maximum absolute atomic E-state index is 10.7. The van der Waals surface area contributed by atoms with Crippen LogP contribution in [0, 0.1) is 13.8 Å². The summed E-state index contributed by atoms with van der Waals surface area (Å²) in [6.07, 6.45) is 7.91. The minimum absolute atomic E-state index is 0.136. The predicted octanol–water partition coefficient (Wildman–Crippen LogP) is 4.54. The fourth-order valence-corrected chi connectivity index (χ4v) is 4.26. The van der Waals surface area contributed by atoms with Gasteiger partial charge in [0.05, 0.1) is 6.61 Å². The van der Waals surface area contributed by atoms with Crippen LogP contribution in [0.4, 0.5) is 0 Å². The highest BCUT2D eigenvalue weighted by Crippen LogP contribution is 2.35. The van der Waals surface area contributed by atoms with E-state index in [1.807, 2.05) is 13.8 Å². The molecule has 0 spiro atoms. The smallest absolute Gasteiger partial charge is 0.228 e. The summed E-state index contributed by atoms with van der Waals surface area (Å²) in [5, 5.41) is 49.4. The van der Waals surface area contributed by atoms with E-state index in [0.717, 1.165) is 44.1 Å². The summed E-state index contributed by atoms with van der Waals surface area (Å²) in [5.41, 5.74) is 6.05. The Morgan fingerprint density at radius 2 is 1.51 bits per heavy atom. The molecule has 208 valence electrons. The molecule has 1 fully saturated rings. The number of phenols is 1. The Balaban J connectivity index is 1.95. The highest BCUT2D eigenvalue weighted by Gasteiger charge is 2.39. The van der Waals surface area contributed by atoms with Crippen LogP contribution in [0.1, 0.15) is 76.0 Å². The molecule has 1 aliphatic heterocycles. The van der Waals surface area contributed by atoms with Gasteiger partial charge in [-0.25, -0.2) is 0 Å². The number of hydrogen-bond acceptors (Lipinski definition) is 7. The zero-order valence-electron chi connectivity index (χ0n) is 23.0. The third-order valence-corrected chi connectivity index (χ3v) is 7.06. The number of phenolic OH excluding ortho intramolecular Hbond substituents is 1. The van der Waals surface area contributed by atoms with Crippen molar-refractivity contribution in [3.8, 4) is 11.5 Å². The van der Waals surface area contributed by atoms with Crippen LogP contribution in [0.15, 0.2) is 41.0 Å². The third kappa shape index (κ3) is 9.58. The maximum Gasteiger partial charge on any atom is 0.228 e. The Bertz CT molecular complexity index is 963. The fraction of sp³-hybridized carbons (Fsp3) is 0.600. The van der Waals surface area contributed by atoms with Gasteiger partial charge in [0.25, 0.3) is 0 Å². The first-order chi connectivity index (χ1) is 17.5. The Morgan fingerprint density at radius 3 is 2.14 bits per heavy atom. The van der Waals surface area contributed by atoms with Crippen LogP contribution in [0.3, 0.4) is 0 Å². The van der Waals surface area contributed by atoms with Gasteiger partial charge in [0, 0.05) is 12.2 Å². The Kier molecular flexibility index (Phi) is 12.8. The molecular weight excluding hydrogens is 472 g/mol. The maximum atomic E-state index is 10.7. The van der Waals surface area contributed by atoms with Gasteiger partial charge in [0.1, 0.15) is 29.8 Å². The number of aliphatic hydroxyl groups is 4. The number of rotatable bonds is 13. The number of aromatic hydroxyl groups is 1. The predicted molar refractivity (Wildman–Crippen MR) is 146 cm³/mol. The number of hydrogen-bond donors (Lipinski definition) is 5. The first-order valence-corrected chi connectivity index (χ1v) is 13.3. The summed E-state index contributed by atoms with van der Waals surface area (Å²) >= 11 is 0. The van der Waals surface area contributed by atoms with Gasteiger partial charge in [-0.2, -0.15) is 0 Å². The van der Waals surface area contributed by atoms with E-state index < -0.39 is 24.6 Å². The van der Waals surface area contributed by atoms with Crippen molar-refractivity contribution in [1.82, 2.24) is 0 Å². The van der Waals surface area contributed by atoms with Gasteiger partial charge in [-0.15, -0.1) is 0 Å². The minimum Gasteiger partial charge on any atom is -0.507 e. The van der Waals surface area contributed by atoms with Crippen molar-refractivity contribution in [2.45, 2.75) is 104 Å². The molecule has 2 rings (SSSR count). The molecule has 1 aromatic carbocycles. The van der Waals surface area contributed by atoms with Crippen LogP contribution in [0.5, 0.6) is 11.5 Å². The molecule has 5 N–H and O–H groups in total. The molecule has 7 nitrogen and oxygen atoms in total. The van der Waals surface area contributed by atoms with Crippen molar-refractivity contribution in [2.24, 2.45) is 0 Å². The summed E-state index contributed by atoms with van der Waals surface area (Å²) in [7, 11) is 0. The topological polar surface area (TPSA) is 120 Å². The minimum atomic E-state index is -1.38. The second-order valence-corrected chi connectivity index (χ2v) is 10.3. The molecule has 1 saturated heterocycles. The van der Waals surface area contributed by atoms with Gasteiger partial charge in [-0.05, 0) is 96.8 Å². The van der Waals surface area contributed by atoms with Crippen molar-refractivity contribution in [2.75, 3.05) is 13.2 Å². The molecule has 1 heterocycles. The molecule has 7 heteroatoms. The van der Waals surface area contributed by atoms with Crippen LogP contribution in [-0.4, -0.2) is 63.3 Å². The normalized spacial score (nSPS) is 23.4. The molecule has 1 aliphatic rings. The number of benzene rings is 1. The van der Waals surface area contributed by atoms with E-state index in [2.05, 4.69) is 39.0 Å². The van der Waals surface area contributed by atoms with Gasteiger partial charge < -0.3 is 35.0 Å². The third-order valence-electron chi connectivity index (χ3n) is 7.06. The number of allylic oxidation sites excluding steroid dienone is 6. The van der Waals surface area contributed by atoms with Gasteiger partial charge in [0.15, 0.2) is 0 Å². The molecule has 4 unspecified atom stereocenters. The van der Waals surface area contributed by atoms with Gasteiger partial charge in [-0.1, -0.05) is 34.9 Å². The Hall–Kier alpha value is -2.16. The highest BCUT2D eigenvalue weighted by molar-refractivity contribution is 5.52. The Labute approximate surface area is 221 Å². The molecule has 0 aromatic heterocycles. The first kappa shape index (κ1) is 31.1. The van der Waals surface area contributed by atoms with E-state index >= 15 is 0 Å². The molecule has 0 amide bonds. The van der Waals surface area contributed by atoms with Crippen LogP contribution in [0.25, 0.3) is 0 Å². The molecule has 0 bridgehead atoms. The number of ether oxygens (including phenoxy) is 2. The van der Waals surface area contributed by atoms with Crippen molar-refractivity contribution < 1.29 is 35.0 Å². The standard InChI is InChI=1S/C30H46O7/c1-19(9-6-11-20(2)13-8-16-31)10-7-12-21(3)14-15-24-17-26(22(4)23(5)27(24)33)37-30-29(35)28(34)25(32)18-36-30/h10-11,14,17,25,28-35H,6-9,12-13,15-16,18H2,1-5H3. The zero-order chi connectivity index (χ0) is 27.5. The van der Waals surface area contributed by atoms with Crippen LogP contribution in [-0.2, 0) is 11.2 Å². The lowest BCUT2D eigenvalue weighted by molar-refractivity contribution is -0.242. The average Bonchev–Trinajstić information content (AvgIpc) is 2.87. The zero-order valence-corrected chi connectivity index (χ0v) is 23.0. The lowest BCUT2D eigenvalue weighted by Gasteiger charge is -2.35. The molecule has 1 aromatic rings. The first-order valence-electron chi connectivity index (χ1n) is 13.3. The second-order valence-electron chi connectivity index (χ2n) is 10.3. The largest absolute Gasteiger partial charge is 0.507 e. The van der Waals surface area contributed by atoms with E-state index in [1.54, 1.807) is 6.07 Å². The van der Waals surface area contributed by atoms with Crippen molar-refractivity contribution >= 4 is 0 Å². The molecule has 0 saturated carbocycles. The highest BCUT2D eigenvalue weighted by atomic mass is 16.7. The van der Waals surface area contributed by atoms with E-state index in [9.17, 15) is 20.4 Å². The Morgan fingerprint density at radius 1 is 0.919 bits per heavy atom. The van der Waals surface area contributed by atoms with Gasteiger partial charge in [0.2, 0.25) is 6.29 Å². The molecule has 37 heavy (non-hydrogen) atoms. The van der Waals surface area contributed by atoms with Crippen LogP contribution in [0.2, 0.25) is 0 Å². The lowest BCUT2D eigenvalue weighted by Crippen LogP contribution is -2.54. The molecule has 0 aliphatic carbocycles. The lowest BCUT2D eigenvalue weighted by atomic mass is 9.99. The quantitative estimate of drug-likeness (QED) is 0.243.